The molecular weight excluding hydrogens is 520 g/mol. The summed E-state index contributed by atoms with van der Waals surface area (Å²) < 4.78 is 40.6. The number of halogens is 2. The molecule has 2 aromatic carbocycles. The molecule has 0 aliphatic carbocycles. The van der Waals surface area contributed by atoms with Gasteiger partial charge in [0, 0.05) is 12.7 Å². The molecule has 0 spiro atoms. The van der Waals surface area contributed by atoms with Crippen molar-refractivity contribution in [3.8, 4) is 11.8 Å². The highest BCUT2D eigenvalue weighted by molar-refractivity contribution is 5.95. The highest BCUT2D eigenvalue weighted by atomic mass is 19.1. The highest BCUT2D eigenvalue weighted by Crippen LogP contribution is 2.26. The molecule has 1 unspecified atom stereocenters. The van der Waals surface area contributed by atoms with Crippen molar-refractivity contribution in [2.45, 2.75) is 39.5 Å². The summed E-state index contributed by atoms with van der Waals surface area (Å²) in [5, 5.41) is 14.5. The smallest absolute Gasteiger partial charge is 0.407 e. The number of aryl methyl sites for hydroxylation is 2. The summed E-state index contributed by atoms with van der Waals surface area (Å²) in [5.74, 6) is -1.71. The van der Waals surface area contributed by atoms with Crippen LogP contribution in [0.1, 0.15) is 39.3 Å². The standard InChI is InChI=1S/C29H27F2N5O4/c1-18-13-25(39-17-22-23(30)9-6-10-24(22)31)27-34-19(2)26(36(27)15-18)28(37)33-14-21(11-12-32)35-29(38)40-16-20-7-4-3-5-8-20/h3-10,13,15,21H,11,14,16-17H2,1-2H3,(H,33,37)(H,35,38). The number of nitrogens with zero attached hydrogens (tertiary/aromatic N) is 3. The molecule has 0 aliphatic rings. The van der Waals surface area contributed by atoms with Gasteiger partial charge in [0.1, 0.15) is 30.5 Å². The topological polar surface area (TPSA) is 118 Å². The number of carbonyl (C=O) groups is 2. The second-order valence-corrected chi connectivity index (χ2v) is 9.09. The van der Waals surface area contributed by atoms with Crippen molar-refractivity contribution in [2.24, 2.45) is 0 Å². The Kier molecular flexibility index (Phi) is 8.91. The van der Waals surface area contributed by atoms with Crippen LogP contribution in [0.3, 0.4) is 0 Å². The number of pyridine rings is 1. The van der Waals surface area contributed by atoms with E-state index >= 15 is 0 Å². The van der Waals surface area contributed by atoms with E-state index in [0.29, 0.717) is 16.9 Å². The number of ether oxygens (including phenoxy) is 2. The highest BCUT2D eigenvalue weighted by Gasteiger charge is 2.22. The Morgan fingerprint density at radius 3 is 2.50 bits per heavy atom. The minimum atomic E-state index is -0.729. The Hall–Kier alpha value is -4.98. The van der Waals surface area contributed by atoms with Crippen LogP contribution in [0.5, 0.6) is 5.75 Å². The monoisotopic (exact) mass is 547 g/mol. The number of carbonyl (C=O) groups excluding carboxylic acids is 2. The molecule has 2 N–H and O–H groups in total. The van der Waals surface area contributed by atoms with Gasteiger partial charge < -0.3 is 20.1 Å². The first-order valence-electron chi connectivity index (χ1n) is 12.4. The van der Waals surface area contributed by atoms with Gasteiger partial charge in [-0.25, -0.2) is 18.6 Å². The third-order valence-corrected chi connectivity index (χ3v) is 6.03. The quantitative estimate of drug-likeness (QED) is 0.296. The van der Waals surface area contributed by atoms with Crippen LogP contribution in [0.15, 0.2) is 60.8 Å². The third-order valence-electron chi connectivity index (χ3n) is 6.03. The zero-order valence-electron chi connectivity index (χ0n) is 21.9. The Labute approximate surface area is 229 Å². The van der Waals surface area contributed by atoms with Crippen molar-refractivity contribution in [3.05, 3.63) is 101 Å². The summed E-state index contributed by atoms with van der Waals surface area (Å²) in [6, 6.07) is 15.6. The maximum Gasteiger partial charge on any atom is 0.407 e. The van der Waals surface area contributed by atoms with E-state index in [0.717, 1.165) is 17.7 Å². The van der Waals surface area contributed by atoms with E-state index in [-0.39, 0.29) is 43.2 Å². The van der Waals surface area contributed by atoms with Gasteiger partial charge in [0.2, 0.25) is 0 Å². The van der Waals surface area contributed by atoms with E-state index < -0.39 is 29.7 Å². The third kappa shape index (κ3) is 6.71. The average molecular weight is 548 g/mol. The molecule has 0 radical (unpaired) electrons. The minimum Gasteiger partial charge on any atom is -0.485 e. The zero-order chi connectivity index (χ0) is 28.6. The number of hydrogen-bond donors (Lipinski definition) is 2. The van der Waals surface area contributed by atoms with E-state index in [9.17, 15) is 23.6 Å². The Balaban J connectivity index is 1.45. The van der Waals surface area contributed by atoms with E-state index in [1.807, 2.05) is 36.4 Å². The fourth-order valence-corrected chi connectivity index (χ4v) is 4.07. The Morgan fingerprint density at radius 2 is 1.80 bits per heavy atom. The number of nitrogens with one attached hydrogen (secondary N) is 2. The molecule has 0 saturated heterocycles. The predicted molar refractivity (Wildman–Crippen MR) is 141 cm³/mol. The lowest BCUT2D eigenvalue weighted by Crippen LogP contribution is -2.44. The van der Waals surface area contributed by atoms with Gasteiger partial charge in [-0.3, -0.25) is 9.20 Å². The van der Waals surface area contributed by atoms with E-state index in [4.69, 9.17) is 9.47 Å². The molecule has 4 aromatic rings. The van der Waals surface area contributed by atoms with Crippen LogP contribution in [0, 0.1) is 36.8 Å². The van der Waals surface area contributed by atoms with Crippen molar-refractivity contribution in [2.75, 3.05) is 6.54 Å². The van der Waals surface area contributed by atoms with Gasteiger partial charge in [-0.2, -0.15) is 5.26 Å². The van der Waals surface area contributed by atoms with Crippen LogP contribution >= 0.6 is 0 Å². The molecule has 9 nitrogen and oxygen atoms in total. The average Bonchev–Trinajstić information content (AvgIpc) is 3.26. The summed E-state index contributed by atoms with van der Waals surface area (Å²) >= 11 is 0. The van der Waals surface area contributed by atoms with Crippen molar-refractivity contribution in [3.63, 3.8) is 0 Å². The zero-order valence-corrected chi connectivity index (χ0v) is 21.9. The number of rotatable bonds is 10. The summed E-state index contributed by atoms with van der Waals surface area (Å²) in [6.07, 6.45) is 0.913. The van der Waals surface area contributed by atoms with Crippen LogP contribution in [-0.2, 0) is 18.0 Å². The summed E-state index contributed by atoms with van der Waals surface area (Å²) in [5.41, 5.74) is 2.19. The number of alkyl carbamates (subject to hydrolysis) is 1. The van der Waals surface area contributed by atoms with Gasteiger partial charge in [0.25, 0.3) is 5.91 Å². The van der Waals surface area contributed by atoms with E-state index in [1.54, 1.807) is 26.1 Å². The number of nitriles is 1. The van der Waals surface area contributed by atoms with Gasteiger partial charge in [0.15, 0.2) is 11.4 Å². The molecule has 0 aliphatic heterocycles. The van der Waals surface area contributed by atoms with Crippen molar-refractivity contribution < 1.29 is 27.8 Å². The second kappa shape index (κ2) is 12.7. The number of fused-ring (bicyclic) bond motifs is 1. The molecule has 2 amide bonds. The number of imidazole rings is 1. The van der Waals surface area contributed by atoms with Crippen LogP contribution < -0.4 is 15.4 Å². The second-order valence-electron chi connectivity index (χ2n) is 9.09. The molecule has 206 valence electrons. The largest absolute Gasteiger partial charge is 0.485 e. The lowest BCUT2D eigenvalue weighted by atomic mass is 10.2. The predicted octanol–water partition coefficient (Wildman–Crippen LogP) is 4.75. The lowest BCUT2D eigenvalue weighted by molar-refractivity contribution is 0.0939. The first kappa shape index (κ1) is 28.0. The van der Waals surface area contributed by atoms with Crippen molar-refractivity contribution in [1.29, 1.82) is 5.26 Å². The first-order chi connectivity index (χ1) is 19.3. The Bertz CT molecular complexity index is 1550. The van der Waals surface area contributed by atoms with Crippen LogP contribution in [0.4, 0.5) is 13.6 Å². The van der Waals surface area contributed by atoms with Crippen molar-refractivity contribution in [1.82, 2.24) is 20.0 Å². The molecule has 0 bridgehead atoms. The van der Waals surface area contributed by atoms with Gasteiger partial charge in [-0.05, 0) is 43.2 Å². The maximum absolute atomic E-state index is 14.1. The van der Waals surface area contributed by atoms with Gasteiger partial charge in [0.05, 0.1) is 29.8 Å². The molecule has 1 atom stereocenters. The Morgan fingerprint density at radius 1 is 1.07 bits per heavy atom. The van der Waals surface area contributed by atoms with E-state index in [1.165, 1.54) is 10.5 Å². The van der Waals surface area contributed by atoms with Crippen molar-refractivity contribution >= 4 is 17.6 Å². The molecule has 2 aromatic heterocycles. The lowest BCUT2D eigenvalue weighted by Gasteiger charge is -2.17. The summed E-state index contributed by atoms with van der Waals surface area (Å²) in [4.78, 5) is 29.9. The molecule has 2 heterocycles. The minimum absolute atomic E-state index is 0.0404. The van der Waals surface area contributed by atoms with Gasteiger partial charge >= 0.3 is 6.09 Å². The molecule has 0 saturated carbocycles. The number of amides is 2. The molecule has 4 rings (SSSR count). The number of aromatic nitrogens is 2. The molecule has 0 fully saturated rings. The van der Waals surface area contributed by atoms with Crippen LogP contribution in [-0.4, -0.2) is 34.0 Å². The number of benzene rings is 2. The first-order valence-corrected chi connectivity index (χ1v) is 12.4. The maximum atomic E-state index is 14.1. The summed E-state index contributed by atoms with van der Waals surface area (Å²) in [7, 11) is 0. The van der Waals surface area contributed by atoms with E-state index in [2.05, 4.69) is 15.6 Å². The van der Waals surface area contributed by atoms with Gasteiger partial charge in [-0.15, -0.1) is 0 Å². The molecule has 40 heavy (non-hydrogen) atoms. The van der Waals surface area contributed by atoms with Crippen LogP contribution in [0.25, 0.3) is 5.65 Å². The molecular formula is C29H27F2N5O4. The fraction of sp³-hybridized carbons (Fsp3) is 0.241. The van der Waals surface area contributed by atoms with Gasteiger partial charge in [-0.1, -0.05) is 36.4 Å². The normalized spacial score (nSPS) is 11.5. The van der Waals surface area contributed by atoms with Crippen LogP contribution in [0.2, 0.25) is 0 Å². The fourth-order valence-electron chi connectivity index (χ4n) is 4.07. The number of hydrogen-bond acceptors (Lipinski definition) is 6. The SMILES string of the molecule is Cc1cc(OCc2c(F)cccc2F)c2nc(C)c(C(=O)NCC(CC#N)NC(=O)OCc3ccccc3)n2c1. The molecule has 11 heteroatoms. The summed E-state index contributed by atoms with van der Waals surface area (Å²) in [6.45, 7) is 3.07.